The lowest BCUT2D eigenvalue weighted by Crippen LogP contribution is -2.32. The first-order valence-corrected chi connectivity index (χ1v) is 11.7. The van der Waals surface area contributed by atoms with E-state index in [0.717, 1.165) is 22.2 Å². The number of hydrogen-bond acceptors (Lipinski definition) is 7. The van der Waals surface area contributed by atoms with Crippen LogP contribution in [0.3, 0.4) is 0 Å². The predicted molar refractivity (Wildman–Crippen MR) is 136 cm³/mol. The molecule has 0 unspecified atom stereocenters. The summed E-state index contributed by atoms with van der Waals surface area (Å²) in [5, 5.41) is 8.52. The zero-order chi connectivity index (χ0) is 25.8. The van der Waals surface area contributed by atoms with Gasteiger partial charge in [-0.1, -0.05) is 25.4 Å². The molecule has 0 bridgehead atoms. The maximum atomic E-state index is 12.6. The number of hydrazine groups is 1. The number of fused-ring (bicyclic) bond motifs is 2. The van der Waals surface area contributed by atoms with Gasteiger partial charge in [-0.15, -0.1) is 0 Å². The highest BCUT2D eigenvalue weighted by molar-refractivity contribution is 6.32. The van der Waals surface area contributed by atoms with Gasteiger partial charge < -0.3 is 14.5 Å². The van der Waals surface area contributed by atoms with Crippen LogP contribution in [0.2, 0.25) is 5.02 Å². The Kier molecular flexibility index (Phi) is 5.63. The van der Waals surface area contributed by atoms with Gasteiger partial charge in [0.2, 0.25) is 5.91 Å². The molecule has 4 aromatic rings. The van der Waals surface area contributed by atoms with Crippen molar-refractivity contribution in [2.24, 2.45) is 7.05 Å². The van der Waals surface area contributed by atoms with E-state index in [1.807, 2.05) is 40.8 Å². The molecule has 5 rings (SSSR count). The Bertz CT molecular complexity index is 1540. The number of aryl methyl sites for hydroxylation is 3. The average Bonchev–Trinajstić information content (AvgIpc) is 3.37. The first-order valence-electron chi connectivity index (χ1n) is 11.3. The third kappa shape index (κ3) is 4.24. The molecule has 3 N–H and O–H groups in total. The number of halogens is 1. The number of furan rings is 1. The molecule has 0 radical (unpaired) electrons. The number of ether oxygens (including phenoxy) is 1. The van der Waals surface area contributed by atoms with Crippen LogP contribution in [0.15, 0.2) is 34.7 Å². The summed E-state index contributed by atoms with van der Waals surface area (Å²) >= 11 is 6.39. The number of nitrogens with zero attached hydrogens (tertiary/aromatic N) is 3. The van der Waals surface area contributed by atoms with Crippen LogP contribution >= 0.6 is 11.6 Å². The van der Waals surface area contributed by atoms with Crippen molar-refractivity contribution in [1.82, 2.24) is 20.2 Å². The topological polar surface area (TPSA) is 123 Å². The molecule has 1 aliphatic rings. The van der Waals surface area contributed by atoms with Crippen LogP contribution in [0.1, 0.15) is 47.6 Å². The van der Waals surface area contributed by atoms with Crippen LogP contribution in [0.5, 0.6) is 11.7 Å². The van der Waals surface area contributed by atoms with Gasteiger partial charge in [0, 0.05) is 36.0 Å². The van der Waals surface area contributed by atoms with Gasteiger partial charge in [-0.3, -0.25) is 25.1 Å². The quantitative estimate of drug-likeness (QED) is 0.324. The summed E-state index contributed by atoms with van der Waals surface area (Å²) in [7, 11) is 1.82. The minimum Gasteiger partial charge on any atom is -0.424 e. The van der Waals surface area contributed by atoms with E-state index in [2.05, 4.69) is 26.3 Å². The minimum absolute atomic E-state index is 0.0355. The summed E-state index contributed by atoms with van der Waals surface area (Å²) in [6.45, 7) is 7.85. The third-order valence-electron chi connectivity index (χ3n) is 6.16. The van der Waals surface area contributed by atoms with Gasteiger partial charge in [0.25, 0.3) is 5.95 Å². The third-order valence-corrected chi connectivity index (χ3v) is 6.46. The van der Waals surface area contributed by atoms with Gasteiger partial charge in [0.15, 0.2) is 11.4 Å². The largest absolute Gasteiger partial charge is 0.424 e. The molecule has 10 nitrogen and oxygen atoms in total. The number of anilines is 2. The number of rotatable bonds is 5. The highest BCUT2D eigenvalue weighted by Crippen LogP contribution is 2.43. The first-order chi connectivity index (χ1) is 17.0. The number of carbonyl (C=O) groups excluding carboxylic acids is 2. The maximum Gasteiger partial charge on any atom is 0.305 e. The van der Waals surface area contributed by atoms with Crippen LogP contribution in [-0.2, 0) is 17.3 Å². The molecule has 0 fully saturated rings. The van der Waals surface area contributed by atoms with E-state index >= 15 is 0 Å². The normalized spacial score (nSPS) is 14.3. The Morgan fingerprint density at radius 3 is 2.81 bits per heavy atom. The number of carbonyl (C=O) groups is 2. The molecule has 36 heavy (non-hydrogen) atoms. The molecule has 0 aliphatic carbocycles. The maximum absolute atomic E-state index is 12.6. The fourth-order valence-corrected chi connectivity index (χ4v) is 4.70. The number of benzene rings is 1. The van der Waals surface area contributed by atoms with Crippen LogP contribution in [0.25, 0.3) is 11.0 Å². The summed E-state index contributed by atoms with van der Waals surface area (Å²) in [4.78, 5) is 29.1. The fourth-order valence-electron chi connectivity index (χ4n) is 4.50. The van der Waals surface area contributed by atoms with Crippen molar-refractivity contribution in [2.75, 3.05) is 10.7 Å². The Balaban J connectivity index is 1.30. The lowest BCUT2D eigenvalue weighted by molar-refractivity contribution is -0.117. The van der Waals surface area contributed by atoms with Gasteiger partial charge in [-0.25, -0.2) is 4.98 Å². The van der Waals surface area contributed by atoms with E-state index < -0.39 is 5.91 Å². The van der Waals surface area contributed by atoms with Crippen molar-refractivity contribution in [1.29, 1.82) is 0 Å². The molecule has 3 aromatic heterocycles. The lowest BCUT2D eigenvalue weighted by Gasteiger charge is -2.32. The highest BCUT2D eigenvalue weighted by Gasteiger charge is 2.33. The standard InChI is InChI=1S/C25H25ClN6O4/c1-12-8-19(28-23-22(12)13(2)31-32(23)5)29-30-24(34)17-6-7-21(35-17)36-18-9-14-16(10-15(18)26)27-20(33)11-25(14,3)4/h6-10H,11H2,1-5H3,(H,27,33)(H,28,29)(H,30,34). The minimum atomic E-state index is -0.508. The Hall–Kier alpha value is -4.05. The Morgan fingerprint density at radius 1 is 1.25 bits per heavy atom. The van der Waals surface area contributed by atoms with E-state index in [4.69, 9.17) is 20.8 Å². The molecule has 0 atom stereocenters. The van der Waals surface area contributed by atoms with E-state index in [0.29, 0.717) is 34.3 Å². The number of hydrogen-bond donors (Lipinski definition) is 3. The highest BCUT2D eigenvalue weighted by atomic mass is 35.5. The van der Waals surface area contributed by atoms with E-state index in [1.165, 1.54) is 12.1 Å². The number of pyridine rings is 1. The summed E-state index contributed by atoms with van der Waals surface area (Å²) in [5.41, 5.74) is 9.16. The molecule has 1 aliphatic heterocycles. The Labute approximate surface area is 211 Å². The Morgan fingerprint density at radius 2 is 2.03 bits per heavy atom. The van der Waals surface area contributed by atoms with Crippen molar-refractivity contribution in [2.45, 2.75) is 39.5 Å². The van der Waals surface area contributed by atoms with Crippen LogP contribution in [-0.4, -0.2) is 26.6 Å². The summed E-state index contributed by atoms with van der Waals surface area (Å²) < 4.78 is 13.1. The van der Waals surface area contributed by atoms with Gasteiger partial charge in [-0.05, 0) is 49.2 Å². The van der Waals surface area contributed by atoms with Gasteiger partial charge >= 0.3 is 5.91 Å². The summed E-state index contributed by atoms with van der Waals surface area (Å²) in [6.07, 6.45) is 0.348. The molecule has 0 spiro atoms. The zero-order valence-electron chi connectivity index (χ0n) is 20.4. The SMILES string of the molecule is Cc1cc(NNC(=O)c2ccc(Oc3cc4c(cc3Cl)NC(=O)CC4(C)C)o2)nc2c1c(C)nn2C. The number of aromatic nitrogens is 3. The molecular formula is C25H25ClN6O4. The van der Waals surface area contributed by atoms with Crippen molar-refractivity contribution < 1.29 is 18.7 Å². The average molecular weight is 509 g/mol. The summed E-state index contributed by atoms with van der Waals surface area (Å²) in [5.74, 6) is 0.390. The van der Waals surface area contributed by atoms with Crippen molar-refractivity contribution in [3.63, 3.8) is 0 Å². The second-order valence-electron chi connectivity index (χ2n) is 9.47. The molecule has 2 amide bonds. The van der Waals surface area contributed by atoms with Gasteiger partial charge in [-0.2, -0.15) is 5.10 Å². The van der Waals surface area contributed by atoms with E-state index in [-0.39, 0.29) is 23.0 Å². The molecule has 186 valence electrons. The second kappa shape index (κ2) is 8.56. The van der Waals surface area contributed by atoms with E-state index in [9.17, 15) is 9.59 Å². The molecule has 11 heteroatoms. The van der Waals surface area contributed by atoms with Crippen LogP contribution in [0.4, 0.5) is 11.5 Å². The number of nitrogens with one attached hydrogen (secondary N) is 3. The van der Waals surface area contributed by atoms with Crippen LogP contribution < -0.4 is 20.9 Å². The summed E-state index contributed by atoms with van der Waals surface area (Å²) in [6, 6.07) is 8.29. The fraction of sp³-hybridized carbons (Fsp3) is 0.280. The molecule has 4 heterocycles. The molecular weight excluding hydrogens is 484 g/mol. The lowest BCUT2D eigenvalue weighted by atomic mass is 9.78. The molecule has 1 aromatic carbocycles. The van der Waals surface area contributed by atoms with Crippen LogP contribution in [0, 0.1) is 13.8 Å². The van der Waals surface area contributed by atoms with E-state index in [1.54, 1.807) is 16.8 Å². The second-order valence-corrected chi connectivity index (χ2v) is 9.88. The van der Waals surface area contributed by atoms with Gasteiger partial charge in [0.1, 0.15) is 11.6 Å². The van der Waals surface area contributed by atoms with Crippen molar-refractivity contribution >= 4 is 46.0 Å². The molecule has 0 saturated carbocycles. The zero-order valence-corrected chi connectivity index (χ0v) is 21.2. The van der Waals surface area contributed by atoms with Crippen molar-refractivity contribution in [3.05, 3.63) is 57.9 Å². The predicted octanol–water partition coefficient (Wildman–Crippen LogP) is 5.00. The number of amides is 2. The first kappa shape index (κ1) is 23.7. The molecule has 0 saturated heterocycles. The van der Waals surface area contributed by atoms with Crippen molar-refractivity contribution in [3.8, 4) is 11.7 Å². The monoisotopic (exact) mass is 508 g/mol. The smallest absolute Gasteiger partial charge is 0.305 e. The van der Waals surface area contributed by atoms with Gasteiger partial charge in [0.05, 0.1) is 10.7 Å².